The molecule has 0 unspecified atom stereocenters. The standard InChI is InChI=1S/C4H9NO.C3H6O3/c1-3-6-4-2-5-1;1-5-3(4)6-2/h5H,1-4H2;1-2H3. The molecule has 5 heteroatoms. The predicted molar refractivity (Wildman–Crippen MR) is 43.1 cm³/mol. The highest BCUT2D eigenvalue weighted by atomic mass is 16.7. The lowest BCUT2D eigenvalue weighted by molar-refractivity contribution is 0.0924. The molecule has 72 valence electrons. The molecule has 0 amide bonds. The van der Waals surface area contributed by atoms with E-state index in [9.17, 15) is 4.79 Å². The smallest absolute Gasteiger partial charge is 0.438 e. The predicted octanol–water partition coefficient (Wildman–Crippen LogP) is 0.00540. The Labute approximate surface area is 72.0 Å². The van der Waals surface area contributed by atoms with Crippen molar-refractivity contribution in [2.45, 2.75) is 0 Å². The molecular weight excluding hydrogens is 162 g/mol. The van der Waals surface area contributed by atoms with Crippen LogP contribution in [-0.2, 0) is 14.2 Å². The van der Waals surface area contributed by atoms with E-state index >= 15 is 0 Å². The van der Waals surface area contributed by atoms with Crippen molar-refractivity contribution in [1.29, 1.82) is 0 Å². The third-order valence-corrected chi connectivity index (χ3v) is 1.18. The molecule has 0 bridgehead atoms. The lowest BCUT2D eigenvalue weighted by Crippen LogP contribution is -2.30. The van der Waals surface area contributed by atoms with Crippen LogP contribution in [0.3, 0.4) is 0 Å². The molecule has 0 aromatic rings. The van der Waals surface area contributed by atoms with Gasteiger partial charge in [-0.3, -0.25) is 0 Å². The molecule has 0 atom stereocenters. The van der Waals surface area contributed by atoms with Crippen LogP contribution in [0.25, 0.3) is 0 Å². The topological polar surface area (TPSA) is 56.8 Å². The van der Waals surface area contributed by atoms with Gasteiger partial charge in [0.1, 0.15) is 0 Å². The van der Waals surface area contributed by atoms with Gasteiger partial charge in [0.25, 0.3) is 0 Å². The van der Waals surface area contributed by atoms with E-state index in [0.717, 1.165) is 26.3 Å². The number of morpholine rings is 1. The summed E-state index contributed by atoms with van der Waals surface area (Å²) in [6.45, 7) is 3.83. The van der Waals surface area contributed by atoms with Crippen LogP contribution in [0.4, 0.5) is 4.79 Å². The SMILES string of the molecule is C1COCCN1.COC(=O)OC. The Kier molecular flexibility index (Phi) is 7.73. The third kappa shape index (κ3) is 7.30. The summed E-state index contributed by atoms with van der Waals surface area (Å²) in [7, 11) is 2.51. The van der Waals surface area contributed by atoms with Crippen LogP contribution in [0.15, 0.2) is 0 Å². The van der Waals surface area contributed by atoms with Crippen molar-refractivity contribution >= 4 is 6.16 Å². The number of rotatable bonds is 0. The molecule has 12 heavy (non-hydrogen) atoms. The average molecular weight is 177 g/mol. The van der Waals surface area contributed by atoms with Crippen molar-refractivity contribution in [1.82, 2.24) is 5.32 Å². The van der Waals surface area contributed by atoms with Crippen LogP contribution < -0.4 is 5.32 Å². The van der Waals surface area contributed by atoms with Gasteiger partial charge in [-0.25, -0.2) is 4.79 Å². The summed E-state index contributed by atoms with van der Waals surface area (Å²) in [4.78, 5) is 9.74. The maximum absolute atomic E-state index is 9.74. The molecule has 0 aliphatic carbocycles. The summed E-state index contributed by atoms with van der Waals surface area (Å²) in [6, 6.07) is 0. The van der Waals surface area contributed by atoms with Gasteiger partial charge in [0, 0.05) is 13.1 Å². The molecule has 1 rings (SSSR count). The average Bonchev–Trinajstić information content (AvgIpc) is 2.20. The molecule has 1 saturated heterocycles. The van der Waals surface area contributed by atoms with Crippen LogP contribution >= 0.6 is 0 Å². The molecule has 1 N–H and O–H groups in total. The quantitative estimate of drug-likeness (QED) is 0.528. The van der Waals surface area contributed by atoms with Crippen LogP contribution in [0.1, 0.15) is 0 Å². The maximum atomic E-state index is 9.74. The van der Waals surface area contributed by atoms with Crippen molar-refractivity contribution in [3.8, 4) is 0 Å². The van der Waals surface area contributed by atoms with E-state index in [0.29, 0.717) is 0 Å². The minimum Gasteiger partial charge on any atom is -0.438 e. The lowest BCUT2D eigenvalue weighted by atomic mass is 10.5. The van der Waals surface area contributed by atoms with Crippen LogP contribution in [-0.4, -0.2) is 46.7 Å². The summed E-state index contributed by atoms with van der Waals surface area (Å²) in [6.07, 6.45) is -0.657. The number of carbonyl (C=O) groups excluding carboxylic acids is 1. The first-order chi connectivity index (χ1) is 5.81. The van der Waals surface area contributed by atoms with Gasteiger partial charge in [-0.1, -0.05) is 0 Å². The fourth-order valence-corrected chi connectivity index (χ4v) is 0.599. The minimum atomic E-state index is -0.657. The van der Waals surface area contributed by atoms with Crippen LogP contribution in [0.5, 0.6) is 0 Å². The highest BCUT2D eigenvalue weighted by molar-refractivity contribution is 5.59. The van der Waals surface area contributed by atoms with E-state index in [1.54, 1.807) is 0 Å². The normalized spacial score (nSPS) is 15.5. The highest BCUT2D eigenvalue weighted by Crippen LogP contribution is 1.76. The Morgan fingerprint density at radius 1 is 1.25 bits per heavy atom. The Morgan fingerprint density at radius 3 is 1.83 bits per heavy atom. The van der Waals surface area contributed by atoms with E-state index < -0.39 is 6.16 Å². The first-order valence-electron chi connectivity index (χ1n) is 3.71. The first kappa shape index (κ1) is 11.2. The van der Waals surface area contributed by atoms with Crippen molar-refractivity contribution in [2.75, 3.05) is 40.5 Å². The maximum Gasteiger partial charge on any atom is 0.507 e. The molecular formula is C7H15NO4. The van der Waals surface area contributed by atoms with Crippen molar-refractivity contribution in [3.05, 3.63) is 0 Å². The number of ether oxygens (including phenoxy) is 3. The van der Waals surface area contributed by atoms with Gasteiger partial charge >= 0.3 is 6.16 Å². The molecule has 0 aromatic heterocycles. The van der Waals surface area contributed by atoms with E-state index in [1.165, 1.54) is 14.2 Å². The van der Waals surface area contributed by atoms with Gasteiger partial charge in [-0.05, 0) is 0 Å². The summed E-state index contributed by atoms with van der Waals surface area (Å²) in [5.41, 5.74) is 0. The van der Waals surface area contributed by atoms with Crippen LogP contribution in [0, 0.1) is 0 Å². The van der Waals surface area contributed by atoms with E-state index in [1.807, 2.05) is 0 Å². The second-order valence-electron chi connectivity index (χ2n) is 2.02. The second kappa shape index (κ2) is 8.29. The Balaban J connectivity index is 0.000000202. The van der Waals surface area contributed by atoms with E-state index in [4.69, 9.17) is 4.74 Å². The van der Waals surface area contributed by atoms with E-state index in [2.05, 4.69) is 14.8 Å². The zero-order valence-corrected chi connectivity index (χ0v) is 7.46. The van der Waals surface area contributed by atoms with Crippen LogP contribution in [0.2, 0.25) is 0 Å². The molecule has 0 spiro atoms. The van der Waals surface area contributed by atoms with E-state index in [-0.39, 0.29) is 0 Å². The number of carbonyl (C=O) groups is 1. The summed E-state index contributed by atoms with van der Waals surface area (Å²) >= 11 is 0. The fourth-order valence-electron chi connectivity index (χ4n) is 0.599. The van der Waals surface area contributed by atoms with Crippen molar-refractivity contribution in [2.24, 2.45) is 0 Å². The summed E-state index contributed by atoms with van der Waals surface area (Å²) in [5, 5.41) is 3.16. The number of hydrogen-bond donors (Lipinski definition) is 1. The van der Waals surface area contributed by atoms with Gasteiger partial charge < -0.3 is 19.5 Å². The molecule has 1 fully saturated rings. The van der Waals surface area contributed by atoms with Gasteiger partial charge in [0.15, 0.2) is 0 Å². The molecule has 1 heterocycles. The zero-order valence-electron chi connectivity index (χ0n) is 7.46. The second-order valence-corrected chi connectivity index (χ2v) is 2.02. The molecule has 1 aliphatic heterocycles. The summed E-state index contributed by atoms with van der Waals surface area (Å²) in [5.74, 6) is 0. The minimum absolute atomic E-state index is 0.657. The van der Waals surface area contributed by atoms with Gasteiger partial charge in [0.05, 0.1) is 27.4 Å². The number of hydrogen-bond acceptors (Lipinski definition) is 5. The highest BCUT2D eigenvalue weighted by Gasteiger charge is 1.93. The zero-order chi connectivity index (χ0) is 9.23. The Hall–Kier alpha value is -0.810. The van der Waals surface area contributed by atoms with Gasteiger partial charge in [-0.2, -0.15) is 0 Å². The lowest BCUT2D eigenvalue weighted by Gasteiger charge is -2.10. The first-order valence-corrected chi connectivity index (χ1v) is 3.71. The van der Waals surface area contributed by atoms with Crippen molar-refractivity contribution < 1.29 is 19.0 Å². The Morgan fingerprint density at radius 2 is 1.75 bits per heavy atom. The Bertz CT molecular complexity index is 96.5. The van der Waals surface area contributed by atoms with Crippen molar-refractivity contribution in [3.63, 3.8) is 0 Å². The van der Waals surface area contributed by atoms with Gasteiger partial charge in [-0.15, -0.1) is 0 Å². The third-order valence-electron chi connectivity index (χ3n) is 1.18. The number of nitrogens with one attached hydrogen (secondary N) is 1. The largest absolute Gasteiger partial charge is 0.507 e. The van der Waals surface area contributed by atoms with Gasteiger partial charge in [0.2, 0.25) is 0 Å². The molecule has 5 nitrogen and oxygen atoms in total. The number of methoxy groups -OCH3 is 2. The molecule has 1 aliphatic rings. The monoisotopic (exact) mass is 177 g/mol. The fraction of sp³-hybridized carbons (Fsp3) is 0.857. The summed E-state index contributed by atoms with van der Waals surface area (Å²) < 4.78 is 13.1. The molecule has 0 saturated carbocycles. The molecule has 0 radical (unpaired) electrons. The molecule has 0 aromatic carbocycles.